The van der Waals surface area contributed by atoms with Gasteiger partial charge in [-0.1, -0.05) is 0 Å². The molecule has 0 saturated heterocycles. The molecule has 0 aliphatic rings. The number of imidazole rings is 2. The van der Waals surface area contributed by atoms with Crippen molar-refractivity contribution in [2.24, 2.45) is 0 Å². The molecule has 2 rings (SSSR count). The Morgan fingerprint density at radius 1 is 1.20 bits per heavy atom. The molecule has 0 unspecified atom stereocenters. The highest BCUT2D eigenvalue weighted by Crippen LogP contribution is 2.17. The van der Waals surface area contributed by atoms with E-state index >= 15 is 0 Å². The van der Waals surface area contributed by atoms with Crippen LogP contribution >= 0.6 is 12.4 Å². The van der Waals surface area contributed by atoms with Crippen LogP contribution in [0.3, 0.4) is 0 Å². The Labute approximate surface area is 91.2 Å². The first kappa shape index (κ1) is 11.3. The predicted molar refractivity (Wildman–Crippen MR) is 53.9 cm³/mol. The minimum absolute atomic E-state index is 0. The van der Waals surface area contributed by atoms with Crippen LogP contribution in [0.15, 0.2) is 24.8 Å². The predicted octanol–water partition coefficient (Wildman–Crippen LogP) is 0.771. The molecular formula is C8H9ClN4O2. The zero-order chi connectivity index (χ0) is 9.97. The van der Waals surface area contributed by atoms with E-state index in [2.05, 4.69) is 19.9 Å². The maximum absolute atomic E-state index is 11.0. The summed E-state index contributed by atoms with van der Waals surface area (Å²) in [5, 5.41) is 9.00. The lowest BCUT2D eigenvalue weighted by atomic mass is 10.1. The molecule has 0 aromatic carbocycles. The molecule has 0 radical (unpaired) electrons. The Morgan fingerprint density at radius 3 is 1.93 bits per heavy atom. The summed E-state index contributed by atoms with van der Waals surface area (Å²) in [6.07, 6.45) is 6.17. The van der Waals surface area contributed by atoms with Crippen molar-refractivity contribution in [2.75, 3.05) is 0 Å². The molecule has 80 valence electrons. The number of hydrogen-bond donors (Lipinski definition) is 3. The number of carbonyl (C=O) groups is 1. The smallest absolute Gasteiger partial charge is 0.321 e. The average molecular weight is 229 g/mol. The molecule has 6 nitrogen and oxygen atoms in total. The van der Waals surface area contributed by atoms with E-state index in [-0.39, 0.29) is 12.4 Å². The molecular weight excluding hydrogens is 220 g/mol. The van der Waals surface area contributed by atoms with Crippen LogP contribution < -0.4 is 0 Å². The number of aromatic amines is 2. The first-order valence-corrected chi connectivity index (χ1v) is 4.00. The summed E-state index contributed by atoms with van der Waals surface area (Å²) in [4.78, 5) is 24.3. The van der Waals surface area contributed by atoms with E-state index in [0.29, 0.717) is 11.6 Å². The number of hydrogen-bond acceptors (Lipinski definition) is 3. The van der Waals surface area contributed by atoms with Crippen LogP contribution in [-0.2, 0) is 4.79 Å². The lowest BCUT2D eigenvalue weighted by Gasteiger charge is -2.05. The van der Waals surface area contributed by atoms with Crippen molar-refractivity contribution in [3.05, 3.63) is 36.4 Å². The first-order chi connectivity index (χ1) is 6.79. The summed E-state index contributed by atoms with van der Waals surface area (Å²) in [6.45, 7) is 0. The van der Waals surface area contributed by atoms with Crippen molar-refractivity contribution in [1.82, 2.24) is 19.9 Å². The number of nitrogens with zero attached hydrogens (tertiary/aromatic N) is 2. The van der Waals surface area contributed by atoms with E-state index in [1.165, 1.54) is 12.4 Å². The number of rotatable bonds is 3. The fourth-order valence-corrected chi connectivity index (χ4v) is 1.23. The van der Waals surface area contributed by atoms with Crippen LogP contribution in [0.4, 0.5) is 0 Å². The second-order valence-electron chi connectivity index (χ2n) is 2.72. The molecule has 0 bridgehead atoms. The Hall–Kier alpha value is -1.82. The molecule has 0 saturated carbocycles. The normalized spacial score (nSPS) is 9.93. The second kappa shape index (κ2) is 4.61. The third kappa shape index (κ3) is 2.16. The summed E-state index contributed by atoms with van der Waals surface area (Å²) >= 11 is 0. The summed E-state index contributed by atoms with van der Waals surface area (Å²) in [7, 11) is 0. The van der Waals surface area contributed by atoms with Gasteiger partial charge in [-0.05, 0) is 0 Å². The minimum atomic E-state index is -0.991. The highest BCUT2D eigenvalue weighted by Gasteiger charge is 2.26. The second-order valence-corrected chi connectivity index (χ2v) is 2.72. The Bertz CT molecular complexity index is 378. The van der Waals surface area contributed by atoms with Gasteiger partial charge in [0.05, 0.1) is 0 Å². The van der Waals surface area contributed by atoms with E-state index in [9.17, 15) is 4.79 Å². The van der Waals surface area contributed by atoms with Crippen LogP contribution in [0.1, 0.15) is 17.6 Å². The summed E-state index contributed by atoms with van der Waals surface area (Å²) in [5.74, 6) is -1.12. The van der Waals surface area contributed by atoms with Crippen molar-refractivity contribution in [3.63, 3.8) is 0 Å². The molecule has 0 atom stereocenters. The number of carboxylic acids is 1. The number of aromatic nitrogens is 4. The van der Waals surface area contributed by atoms with Gasteiger partial charge in [0.2, 0.25) is 0 Å². The molecule has 2 aromatic rings. The molecule has 0 spiro atoms. The first-order valence-electron chi connectivity index (χ1n) is 4.00. The summed E-state index contributed by atoms with van der Waals surface area (Å²) < 4.78 is 0. The lowest BCUT2D eigenvalue weighted by Crippen LogP contribution is -2.16. The zero-order valence-corrected chi connectivity index (χ0v) is 8.36. The topological polar surface area (TPSA) is 94.7 Å². The fraction of sp³-hybridized carbons (Fsp3) is 0.125. The lowest BCUT2D eigenvalue weighted by molar-refractivity contribution is -0.138. The van der Waals surface area contributed by atoms with Crippen LogP contribution in [-0.4, -0.2) is 31.0 Å². The number of nitrogens with one attached hydrogen (secondary N) is 2. The molecule has 7 heteroatoms. The summed E-state index contributed by atoms with van der Waals surface area (Å²) in [5.41, 5.74) is 0. The number of H-pyrrole nitrogens is 2. The van der Waals surface area contributed by atoms with Gasteiger partial charge < -0.3 is 15.1 Å². The third-order valence-electron chi connectivity index (χ3n) is 1.83. The van der Waals surface area contributed by atoms with Crippen molar-refractivity contribution in [2.45, 2.75) is 5.92 Å². The molecule has 2 aromatic heterocycles. The number of carboxylic acid groups (broad SMARTS) is 1. The Kier molecular flexibility index (Phi) is 3.46. The van der Waals surface area contributed by atoms with Crippen LogP contribution in [0.5, 0.6) is 0 Å². The third-order valence-corrected chi connectivity index (χ3v) is 1.83. The van der Waals surface area contributed by atoms with E-state index in [0.717, 1.165) is 0 Å². The quantitative estimate of drug-likeness (QED) is 0.723. The van der Waals surface area contributed by atoms with Crippen molar-refractivity contribution >= 4 is 18.4 Å². The van der Waals surface area contributed by atoms with Gasteiger partial charge in [-0.2, -0.15) is 0 Å². The highest BCUT2D eigenvalue weighted by molar-refractivity contribution is 5.85. The van der Waals surface area contributed by atoms with Gasteiger partial charge in [-0.3, -0.25) is 4.79 Å². The average Bonchev–Trinajstić information content (AvgIpc) is 2.75. The molecule has 0 aliphatic carbocycles. The van der Waals surface area contributed by atoms with Crippen LogP contribution in [0.25, 0.3) is 0 Å². The van der Waals surface area contributed by atoms with Crippen molar-refractivity contribution in [1.29, 1.82) is 0 Å². The van der Waals surface area contributed by atoms with Gasteiger partial charge in [0.1, 0.15) is 11.6 Å². The largest absolute Gasteiger partial charge is 0.480 e. The van der Waals surface area contributed by atoms with Gasteiger partial charge in [0, 0.05) is 24.8 Å². The van der Waals surface area contributed by atoms with Crippen molar-refractivity contribution < 1.29 is 9.90 Å². The van der Waals surface area contributed by atoms with E-state index in [4.69, 9.17) is 5.11 Å². The molecule has 15 heavy (non-hydrogen) atoms. The SMILES string of the molecule is Cl.O=C(O)C(c1ncc[nH]1)c1ncc[nH]1. The van der Waals surface area contributed by atoms with Gasteiger partial charge in [-0.15, -0.1) is 12.4 Å². The number of halogens is 1. The fourth-order valence-electron chi connectivity index (χ4n) is 1.23. The molecule has 0 aliphatic heterocycles. The van der Waals surface area contributed by atoms with Crippen LogP contribution in [0.2, 0.25) is 0 Å². The molecule has 3 N–H and O–H groups in total. The molecule has 0 amide bonds. The summed E-state index contributed by atoms with van der Waals surface area (Å²) in [6, 6.07) is 0. The van der Waals surface area contributed by atoms with Gasteiger partial charge in [0.15, 0.2) is 5.92 Å². The maximum Gasteiger partial charge on any atom is 0.321 e. The van der Waals surface area contributed by atoms with Gasteiger partial charge in [-0.25, -0.2) is 9.97 Å². The van der Waals surface area contributed by atoms with Crippen molar-refractivity contribution in [3.8, 4) is 0 Å². The minimum Gasteiger partial charge on any atom is -0.480 e. The molecule has 0 fully saturated rings. The standard InChI is InChI=1S/C8H8N4O2.ClH/c13-8(14)5(6-9-1-2-10-6)7-11-3-4-12-7;/h1-5H,(H,9,10)(H,11,12)(H,13,14);1H. The Morgan fingerprint density at radius 2 is 1.67 bits per heavy atom. The van der Waals surface area contributed by atoms with Gasteiger partial charge >= 0.3 is 5.97 Å². The Balaban J connectivity index is 0.00000112. The molecule has 2 heterocycles. The maximum atomic E-state index is 11.0. The number of aliphatic carboxylic acids is 1. The highest BCUT2D eigenvalue weighted by atomic mass is 35.5. The van der Waals surface area contributed by atoms with Gasteiger partial charge in [0.25, 0.3) is 0 Å². The zero-order valence-electron chi connectivity index (χ0n) is 7.54. The van der Waals surface area contributed by atoms with E-state index < -0.39 is 11.9 Å². The van der Waals surface area contributed by atoms with Crippen LogP contribution in [0, 0.1) is 0 Å². The van der Waals surface area contributed by atoms with E-state index in [1.54, 1.807) is 12.4 Å². The monoisotopic (exact) mass is 228 g/mol. The van der Waals surface area contributed by atoms with E-state index in [1.807, 2.05) is 0 Å².